The maximum Gasteiger partial charge on any atom is 0.247 e. The van der Waals surface area contributed by atoms with E-state index in [-0.39, 0.29) is 23.9 Å². The number of rotatable bonds is 4. The summed E-state index contributed by atoms with van der Waals surface area (Å²) in [6, 6.07) is 0.117. The zero-order chi connectivity index (χ0) is 14.3. The normalized spacial score (nSPS) is 38.6. The van der Waals surface area contributed by atoms with Gasteiger partial charge in [0.15, 0.2) is 0 Å². The van der Waals surface area contributed by atoms with E-state index in [1.54, 1.807) is 0 Å². The van der Waals surface area contributed by atoms with Crippen LogP contribution in [0, 0.1) is 5.92 Å². The van der Waals surface area contributed by atoms with Crippen molar-refractivity contribution in [1.82, 2.24) is 15.1 Å². The number of carbonyl (C=O) groups excluding carboxylic acids is 2. The molecule has 0 aromatic carbocycles. The molecular weight excluding hydrogens is 254 g/mol. The Morgan fingerprint density at radius 3 is 2.55 bits per heavy atom. The molecule has 4 rings (SSSR count). The average molecular weight is 279 g/mol. The lowest BCUT2D eigenvalue weighted by molar-refractivity contribution is -0.141. The molecule has 0 aromatic heterocycles. The molecule has 0 aromatic rings. The Morgan fingerprint density at radius 2 is 2.00 bits per heavy atom. The first-order chi connectivity index (χ1) is 9.60. The number of likely N-dealkylation sites (tertiary alicyclic amines) is 1. The average Bonchev–Trinajstić information content (AvgIpc) is 2.74. The van der Waals surface area contributed by atoms with Crippen LogP contribution in [-0.4, -0.2) is 59.4 Å². The standard InChI is InChI=1S/C15H25N3O2/c1-3-10(2)18-14(19)8-12(15(18)20)16-13-9-17-6-4-11(13)5-7-17/h10-13,16H,3-9H2,1-2H3. The van der Waals surface area contributed by atoms with Gasteiger partial charge in [0.1, 0.15) is 0 Å². The number of imide groups is 1. The summed E-state index contributed by atoms with van der Waals surface area (Å²) in [4.78, 5) is 28.4. The van der Waals surface area contributed by atoms with Gasteiger partial charge < -0.3 is 10.2 Å². The predicted octanol–water partition coefficient (Wildman–Crippen LogP) is 0.596. The molecule has 0 aliphatic carbocycles. The molecule has 3 atom stereocenters. The van der Waals surface area contributed by atoms with Crippen molar-refractivity contribution in [3.05, 3.63) is 0 Å². The van der Waals surface area contributed by atoms with Gasteiger partial charge in [0.05, 0.1) is 12.5 Å². The lowest BCUT2D eigenvalue weighted by atomic mass is 9.83. The van der Waals surface area contributed by atoms with Gasteiger partial charge >= 0.3 is 0 Å². The molecule has 112 valence electrons. The third-order valence-corrected chi connectivity index (χ3v) is 5.29. The maximum absolute atomic E-state index is 12.4. The van der Waals surface area contributed by atoms with Crippen LogP contribution in [-0.2, 0) is 9.59 Å². The first-order valence-corrected chi connectivity index (χ1v) is 7.94. The quantitative estimate of drug-likeness (QED) is 0.766. The number of nitrogens with zero attached hydrogens (tertiary/aromatic N) is 2. The summed E-state index contributed by atoms with van der Waals surface area (Å²) >= 11 is 0. The third-order valence-electron chi connectivity index (χ3n) is 5.29. The van der Waals surface area contributed by atoms with Crippen molar-refractivity contribution >= 4 is 11.8 Å². The second kappa shape index (κ2) is 5.45. The van der Waals surface area contributed by atoms with Crippen molar-refractivity contribution in [3.8, 4) is 0 Å². The zero-order valence-electron chi connectivity index (χ0n) is 12.5. The molecule has 20 heavy (non-hydrogen) atoms. The third kappa shape index (κ3) is 2.37. The van der Waals surface area contributed by atoms with E-state index in [1.807, 2.05) is 13.8 Å². The van der Waals surface area contributed by atoms with Crippen molar-refractivity contribution < 1.29 is 9.59 Å². The number of nitrogens with one attached hydrogen (secondary N) is 1. The second-order valence-electron chi connectivity index (χ2n) is 6.53. The molecule has 4 fully saturated rings. The van der Waals surface area contributed by atoms with Crippen LogP contribution in [0.2, 0.25) is 0 Å². The fourth-order valence-corrected chi connectivity index (χ4v) is 3.84. The van der Waals surface area contributed by atoms with E-state index in [1.165, 1.54) is 30.8 Å². The minimum Gasteiger partial charge on any atom is -0.302 e. The van der Waals surface area contributed by atoms with Crippen molar-refractivity contribution in [2.24, 2.45) is 5.92 Å². The van der Waals surface area contributed by atoms with E-state index in [4.69, 9.17) is 0 Å². The number of fused-ring (bicyclic) bond motifs is 3. The monoisotopic (exact) mass is 279 g/mol. The van der Waals surface area contributed by atoms with Crippen LogP contribution in [0.25, 0.3) is 0 Å². The fourth-order valence-electron chi connectivity index (χ4n) is 3.84. The topological polar surface area (TPSA) is 52.7 Å². The van der Waals surface area contributed by atoms with Gasteiger partial charge in [0.2, 0.25) is 11.8 Å². The van der Waals surface area contributed by atoms with Gasteiger partial charge in [0, 0.05) is 18.6 Å². The second-order valence-corrected chi connectivity index (χ2v) is 6.53. The molecule has 5 heteroatoms. The maximum atomic E-state index is 12.4. The molecule has 0 saturated carbocycles. The summed E-state index contributed by atoms with van der Waals surface area (Å²) in [5.74, 6) is 0.657. The zero-order valence-corrected chi connectivity index (χ0v) is 12.5. The lowest BCUT2D eigenvalue weighted by Crippen LogP contribution is -2.59. The SMILES string of the molecule is CCC(C)N1C(=O)CC(NC2CN3CCC2CC3)C1=O. The molecule has 4 saturated heterocycles. The Balaban J connectivity index is 1.64. The van der Waals surface area contributed by atoms with Gasteiger partial charge in [-0.05, 0) is 45.2 Å². The summed E-state index contributed by atoms with van der Waals surface area (Å²) in [5.41, 5.74) is 0. The molecule has 4 aliphatic heterocycles. The van der Waals surface area contributed by atoms with Gasteiger partial charge in [-0.3, -0.25) is 14.5 Å². The highest BCUT2D eigenvalue weighted by molar-refractivity contribution is 6.05. The minimum absolute atomic E-state index is 0.0110. The van der Waals surface area contributed by atoms with Crippen LogP contribution < -0.4 is 5.32 Å². The summed E-state index contributed by atoms with van der Waals surface area (Å²) in [6.07, 6.45) is 3.61. The van der Waals surface area contributed by atoms with Gasteiger partial charge in [-0.2, -0.15) is 0 Å². The smallest absolute Gasteiger partial charge is 0.247 e. The van der Waals surface area contributed by atoms with Gasteiger partial charge in [0.25, 0.3) is 0 Å². The molecule has 3 unspecified atom stereocenters. The molecule has 2 amide bonds. The number of amides is 2. The van der Waals surface area contributed by atoms with Gasteiger partial charge in [-0.15, -0.1) is 0 Å². The molecule has 4 heterocycles. The summed E-state index contributed by atoms with van der Waals surface area (Å²) < 4.78 is 0. The minimum atomic E-state index is -0.290. The Hall–Kier alpha value is -0.940. The highest BCUT2D eigenvalue weighted by Gasteiger charge is 2.43. The first kappa shape index (κ1) is 14.0. The largest absolute Gasteiger partial charge is 0.302 e. The van der Waals surface area contributed by atoms with Gasteiger partial charge in [-0.1, -0.05) is 6.92 Å². The van der Waals surface area contributed by atoms with Crippen LogP contribution in [0.3, 0.4) is 0 Å². The van der Waals surface area contributed by atoms with E-state index in [2.05, 4.69) is 10.2 Å². The Kier molecular flexibility index (Phi) is 3.82. The van der Waals surface area contributed by atoms with E-state index in [0.29, 0.717) is 18.4 Å². The van der Waals surface area contributed by atoms with Crippen LogP contribution in [0.15, 0.2) is 0 Å². The van der Waals surface area contributed by atoms with Crippen LogP contribution in [0.4, 0.5) is 0 Å². The fraction of sp³-hybridized carbons (Fsp3) is 0.867. The van der Waals surface area contributed by atoms with Gasteiger partial charge in [-0.25, -0.2) is 0 Å². The number of carbonyl (C=O) groups is 2. The molecule has 0 spiro atoms. The number of hydrogen-bond acceptors (Lipinski definition) is 4. The predicted molar refractivity (Wildman–Crippen MR) is 76.1 cm³/mol. The van der Waals surface area contributed by atoms with E-state index >= 15 is 0 Å². The van der Waals surface area contributed by atoms with Crippen molar-refractivity contribution in [1.29, 1.82) is 0 Å². The number of hydrogen-bond donors (Lipinski definition) is 1. The van der Waals surface area contributed by atoms with Crippen molar-refractivity contribution in [2.75, 3.05) is 19.6 Å². The summed E-state index contributed by atoms with van der Waals surface area (Å²) in [5, 5.41) is 3.48. The molecule has 0 radical (unpaired) electrons. The molecular formula is C15H25N3O2. The Labute approximate surface area is 120 Å². The van der Waals surface area contributed by atoms with Crippen LogP contribution in [0.5, 0.6) is 0 Å². The summed E-state index contributed by atoms with van der Waals surface area (Å²) in [7, 11) is 0. The van der Waals surface area contributed by atoms with Crippen molar-refractivity contribution in [3.63, 3.8) is 0 Å². The van der Waals surface area contributed by atoms with Crippen LogP contribution in [0.1, 0.15) is 39.5 Å². The number of piperidine rings is 3. The summed E-state index contributed by atoms with van der Waals surface area (Å²) in [6.45, 7) is 7.39. The van der Waals surface area contributed by atoms with Crippen molar-refractivity contribution in [2.45, 2.75) is 57.7 Å². The van der Waals surface area contributed by atoms with Crippen LogP contribution >= 0.6 is 0 Å². The molecule has 5 nitrogen and oxygen atoms in total. The van der Waals surface area contributed by atoms with E-state index in [0.717, 1.165) is 13.0 Å². The first-order valence-electron chi connectivity index (χ1n) is 7.94. The van der Waals surface area contributed by atoms with E-state index in [9.17, 15) is 9.59 Å². The Morgan fingerprint density at radius 1 is 1.30 bits per heavy atom. The highest BCUT2D eigenvalue weighted by atomic mass is 16.2. The molecule has 2 bridgehead atoms. The van der Waals surface area contributed by atoms with E-state index < -0.39 is 0 Å². The molecule has 4 aliphatic rings. The Bertz CT molecular complexity index is 404. The molecule has 1 N–H and O–H groups in total. The highest BCUT2D eigenvalue weighted by Crippen LogP contribution is 2.29. The lowest BCUT2D eigenvalue weighted by Gasteiger charge is -2.45.